The zero-order valence-electron chi connectivity index (χ0n) is 10.8. The van der Waals surface area contributed by atoms with Gasteiger partial charge in [-0.15, -0.1) is 0 Å². The lowest BCUT2D eigenvalue weighted by Gasteiger charge is -2.11. The highest BCUT2D eigenvalue weighted by Crippen LogP contribution is 2.19. The number of nitrogen functional groups attached to an aromatic ring is 1. The molecule has 0 atom stereocenters. The number of hydrogen-bond donors (Lipinski definition) is 2. The lowest BCUT2D eigenvalue weighted by molar-refractivity contribution is 1.03. The van der Waals surface area contributed by atoms with Crippen LogP contribution >= 0.6 is 12.2 Å². The van der Waals surface area contributed by atoms with Crippen LogP contribution in [0.4, 0.5) is 5.69 Å². The maximum atomic E-state index is 6.01. The molecule has 0 radical (unpaired) electrons. The van der Waals surface area contributed by atoms with Crippen molar-refractivity contribution in [3.63, 3.8) is 0 Å². The number of thiocarbonyl (C=S) groups is 1. The van der Waals surface area contributed by atoms with Gasteiger partial charge in [-0.25, -0.2) is 0 Å². The Morgan fingerprint density at radius 1 is 1.41 bits per heavy atom. The van der Waals surface area contributed by atoms with Crippen LogP contribution in [0, 0.1) is 6.92 Å². The Balaban J connectivity index is 3.13. The minimum Gasteiger partial charge on any atom is -0.398 e. The van der Waals surface area contributed by atoms with E-state index in [9.17, 15) is 0 Å². The second-order valence-corrected chi connectivity index (χ2v) is 4.70. The normalized spacial score (nSPS) is 11.4. The zero-order chi connectivity index (χ0) is 13.0. The summed E-state index contributed by atoms with van der Waals surface area (Å²) in [7, 11) is 0. The van der Waals surface area contributed by atoms with Gasteiger partial charge in [-0.2, -0.15) is 5.10 Å². The Morgan fingerprint density at radius 2 is 2.06 bits per heavy atom. The number of benzene rings is 1. The van der Waals surface area contributed by atoms with E-state index in [0.29, 0.717) is 4.99 Å². The summed E-state index contributed by atoms with van der Waals surface area (Å²) >= 11 is 4.92. The summed E-state index contributed by atoms with van der Waals surface area (Å²) in [6.45, 7) is 7.92. The molecule has 1 aromatic rings. The highest BCUT2D eigenvalue weighted by molar-refractivity contribution is 7.80. The monoisotopic (exact) mass is 249 g/mol. The zero-order valence-corrected chi connectivity index (χ0v) is 11.6. The third-order valence-electron chi connectivity index (χ3n) is 2.66. The van der Waals surface area contributed by atoms with Gasteiger partial charge in [0.05, 0.1) is 10.7 Å². The van der Waals surface area contributed by atoms with E-state index in [2.05, 4.69) is 30.4 Å². The maximum absolute atomic E-state index is 6.01. The largest absolute Gasteiger partial charge is 0.398 e. The Bertz CT molecular complexity index is 464. The van der Waals surface area contributed by atoms with Crippen LogP contribution in [0.25, 0.3) is 0 Å². The average molecular weight is 249 g/mol. The molecule has 1 rings (SSSR count). The number of hydrazone groups is 1. The Morgan fingerprint density at radius 3 is 2.59 bits per heavy atom. The van der Waals surface area contributed by atoms with Gasteiger partial charge in [-0.1, -0.05) is 19.1 Å². The van der Waals surface area contributed by atoms with E-state index in [1.165, 1.54) is 11.1 Å². The van der Waals surface area contributed by atoms with Crippen molar-refractivity contribution in [2.45, 2.75) is 34.1 Å². The molecule has 0 aliphatic carbocycles. The number of nitrogens with zero attached hydrogens (tertiary/aromatic N) is 1. The molecule has 0 amide bonds. The number of nitrogens with one attached hydrogen (secondary N) is 1. The molecule has 0 spiro atoms. The lowest BCUT2D eigenvalue weighted by atomic mass is 9.99. The molecule has 0 saturated heterocycles. The summed E-state index contributed by atoms with van der Waals surface area (Å²) < 4.78 is 0. The van der Waals surface area contributed by atoms with Crippen molar-refractivity contribution in [1.29, 1.82) is 0 Å². The van der Waals surface area contributed by atoms with Crippen LogP contribution in [-0.4, -0.2) is 10.7 Å². The molecule has 3 nitrogen and oxygen atoms in total. The van der Waals surface area contributed by atoms with Gasteiger partial charge < -0.3 is 5.73 Å². The minimum absolute atomic E-state index is 0.644. The molecule has 0 aliphatic rings. The van der Waals surface area contributed by atoms with Crippen LogP contribution in [0.15, 0.2) is 17.2 Å². The quantitative estimate of drug-likeness (QED) is 0.375. The summed E-state index contributed by atoms with van der Waals surface area (Å²) in [5, 5.41) is 4.21. The second-order valence-electron chi connectivity index (χ2n) is 4.08. The van der Waals surface area contributed by atoms with Gasteiger partial charge in [0.15, 0.2) is 0 Å². The molecule has 17 heavy (non-hydrogen) atoms. The molecular weight excluding hydrogens is 230 g/mol. The van der Waals surface area contributed by atoms with Crippen LogP contribution in [0.2, 0.25) is 0 Å². The smallest absolute Gasteiger partial charge is 0.0930 e. The van der Waals surface area contributed by atoms with E-state index in [1.807, 2.05) is 13.0 Å². The number of hydrogen-bond acceptors (Lipinski definition) is 3. The van der Waals surface area contributed by atoms with E-state index >= 15 is 0 Å². The van der Waals surface area contributed by atoms with Crippen molar-refractivity contribution in [3.05, 3.63) is 28.8 Å². The molecule has 0 aromatic heterocycles. The number of nitrogens with two attached hydrogens (primary N) is 1. The van der Waals surface area contributed by atoms with E-state index < -0.39 is 0 Å². The highest BCUT2D eigenvalue weighted by Gasteiger charge is 2.07. The Kier molecular flexibility index (Phi) is 4.63. The van der Waals surface area contributed by atoms with Gasteiger partial charge in [0, 0.05) is 11.3 Å². The Hall–Kier alpha value is -1.42. The second kappa shape index (κ2) is 5.77. The van der Waals surface area contributed by atoms with Crippen molar-refractivity contribution in [3.8, 4) is 0 Å². The van der Waals surface area contributed by atoms with Crippen LogP contribution in [0.3, 0.4) is 0 Å². The molecule has 1 aromatic carbocycles. The molecule has 4 heteroatoms. The van der Waals surface area contributed by atoms with Crippen molar-refractivity contribution >= 4 is 28.6 Å². The van der Waals surface area contributed by atoms with Crippen LogP contribution < -0.4 is 11.2 Å². The fraction of sp³-hybridized carbons (Fsp3) is 0.385. The van der Waals surface area contributed by atoms with Crippen molar-refractivity contribution in [1.82, 2.24) is 5.43 Å². The van der Waals surface area contributed by atoms with E-state index in [-0.39, 0.29) is 0 Å². The fourth-order valence-corrected chi connectivity index (χ4v) is 1.74. The summed E-state index contributed by atoms with van der Waals surface area (Å²) in [4.78, 5) is 0.644. The van der Waals surface area contributed by atoms with Crippen LogP contribution in [0.5, 0.6) is 0 Å². The molecule has 3 N–H and O–H groups in total. The third kappa shape index (κ3) is 3.53. The number of aryl methyl sites for hydroxylation is 2. The fourth-order valence-electron chi connectivity index (χ4n) is 1.69. The summed E-state index contributed by atoms with van der Waals surface area (Å²) in [6, 6.07) is 4.10. The van der Waals surface area contributed by atoms with Crippen molar-refractivity contribution in [2.75, 3.05) is 5.73 Å². The summed E-state index contributed by atoms with van der Waals surface area (Å²) in [5.41, 5.74) is 13.9. The van der Waals surface area contributed by atoms with Gasteiger partial charge in [0.25, 0.3) is 0 Å². The molecule has 0 unspecified atom stereocenters. The van der Waals surface area contributed by atoms with Gasteiger partial charge in [0.1, 0.15) is 0 Å². The standard InChI is InChI=1S/C13H19N3S/c1-5-11-7-12(13(14)6-8(11)2)9(3)15-16-10(4)17/h6-7H,5,14H2,1-4H3,(H,16,17)/b15-9+. The van der Waals surface area contributed by atoms with Crippen LogP contribution in [0.1, 0.15) is 37.5 Å². The molecular formula is C13H19N3S. The van der Waals surface area contributed by atoms with E-state index in [0.717, 1.165) is 23.4 Å². The molecule has 0 heterocycles. The number of anilines is 1. The SMILES string of the molecule is CCc1cc(/C(C)=N/NC(C)=S)c(N)cc1C. The third-order valence-corrected chi connectivity index (χ3v) is 2.75. The summed E-state index contributed by atoms with van der Waals surface area (Å²) in [6.07, 6.45) is 0.992. The summed E-state index contributed by atoms with van der Waals surface area (Å²) in [5.74, 6) is 0. The first-order chi connectivity index (χ1) is 7.95. The first-order valence-electron chi connectivity index (χ1n) is 5.66. The van der Waals surface area contributed by atoms with Crippen molar-refractivity contribution in [2.24, 2.45) is 5.10 Å². The van der Waals surface area contributed by atoms with Crippen molar-refractivity contribution < 1.29 is 0 Å². The lowest BCUT2D eigenvalue weighted by Crippen LogP contribution is -2.14. The molecule has 0 bridgehead atoms. The molecule has 0 fully saturated rings. The minimum atomic E-state index is 0.644. The predicted molar refractivity (Wildman–Crippen MR) is 78.6 cm³/mol. The molecule has 92 valence electrons. The predicted octanol–water partition coefficient (Wildman–Crippen LogP) is 2.80. The van der Waals surface area contributed by atoms with E-state index in [1.54, 1.807) is 6.92 Å². The molecule has 0 aliphatic heterocycles. The number of rotatable bonds is 3. The first kappa shape index (κ1) is 13.6. The maximum Gasteiger partial charge on any atom is 0.0930 e. The topological polar surface area (TPSA) is 50.4 Å². The average Bonchev–Trinajstić information content (AvgIpc) is 2.26. The van der Waals surface area contributed by atoms with E-state index in [4.69, 9.17) is 18.0 Å². The highest BCUT2D eigenvalue weighted by atomic mass is 32.1. The van der Waals surface area contributed by atoms with Gasteiger partial charge >= 0.3 is 0 Å². The molecule has 0 saturated carbocycles. The van der Waals surface area contributed by atoms with Gasteiger partial charge in [-0.3, -0.25) is 5.43 Å². The first-order valence-corrected chi connectivity index (χ1v) is 6.06. The van der Waals surface area contributed by atoms with Gasteiger partial charge in [-0.05, 0) is 50.5 Å². The van der Waals surface area contributed by atoms with Crippen LogP contribution in [-0.2, 0) is 6.42 Å². The Labute approximate surface area is 108 Å². The van der Waals surface area contributed by atoms with Gasteiger partial charge in [0.2, 0.25) is 0 Å².